The highest BCUT2D eigenvalue weighted by Gasteiger charge is 2.15. The van der Waals surface area contributed by atoms with Crippen molar-refractivity contribution in [2.75, 3.05) is 7.05 Å². The van der Waals surface area contributed by atoms with Gasteiger partial charge >= 0.3 is 5.97 Å². The van der Waals surface area contributed by atoms with Gasteiger partial charge in [-0.25, -0.2) is 17.9 Å². The molecule has 0 unspecified atom stereocenters. The van der Waals surface area contributed by atoms with E-state index in [1.807, 2.05) is 6.07 Å². The lowest BCUT2D eigenvalue weighted by Gasteiger charge is -2.08. The van der Waals surface area contributed by atoms with Crippen LogP contribution in [-0.2, 0) is 21.4 Å². The highest BCUT2D eigenvalue weighted by atomic mass is 32.2. The first-order valence-electron chi connectivity index (χ1n) is 6.66. The van der Waals surface area contributed by atoms with Crippen molar-refractivity contribution < 1.29 is 17.9 Å². The van der Waals surface area contributed by atoms with Gasteiger partial charge in [-0.3, -0.25) is 0 Å². The molecule has 0 radical (unpaired) electrons. The molecule has 0 aromatic heterocycles. The molecule has 2 aromatic rings. The second-order valence-corrected chi connectivity index (χ2v) is 6.47. The average Bonchev–Trinajstić information content (AvgIpc) is 2.60. The minimum atomic E-state index is -3.63. The van der Waals surface area contributed by atoms with Crippen molar-refractivity contribution in [2.24, 2.45) is 0 Å². The Kier molecular flexibility index (Phi) is 5.11. The van der Waals surface area contributed by atoms with Gasteiger partial charge in [-0.15, -0.1) is 0 Å². The summed E-state index contributed by atoms with van der Waals surface area (Å²) in [6.07, 6.45) is 0. The van der Waals surface area contributed by atoms with E-state index in [1.54, 1.807) is 24.3 Å². The van der Waals surface area contributed by atoms with E-state index in [0.29, 0.717) is 11.1 Å². The zero-order valence-electron chi connectivity index (χ0n) is 12.3. The fourth-order valence-corrected chi connectivity index (χ4v) is 2.67. The fourth-order valence-electron chi connectivity index (χ4n) is 1.89. The minimum absolute atomic E-state index is 0.0214. The Labute approximate surface area is 134 Å². The van der Waals surface area contributed by atoms with Gasteiger partial charge in [-0.1, -0.05) is 24.3 Å². The summed E-state index contributed by atoms with van der Waals surface area (Å²) in [6.45, 7) is -0.0639. The molecule has 0 bridgehead atoms. The number of nitrogens with one attached hydrogen (secondary N) is 1. The third-order valence-electron chi connectivity index (χ3n) is 3.15. The maximum atomic E-state index is 12.1. The Hall–Kier alpha value is -2.69. The second kappa shape index (κ2) is 7.05. The summed E-state index contributed by atoms with van der Waals surface area (Å²) in [7, 11) is -2.34. The Balaban J connectivity index is 2.16. The predicted octanol–water partition coefficient (Wildman–Crippen LogP) is 1.82. The van der Waals surface area contributed by atoms with Gasteiger partial charge in [0.05, 0.1) is 22.1 Å². The largest absolute Gasteiger partial charge is 0.457 e. The van der Waals surface area contributed by atoms with Crippen molar-refractivity contribution in [3.05, 3.63) is 65.2 Å². The van der Waals surface area contributed by atoms with Gasteiger partial charge in [0, 0.05) is 5.56 Å². The van der Waals surface area contributed by atoms with Crippen LogP contribution >= 0.6 is 0 Å². The van der Waals surface area contributed by atoms with Crippen LogP contribution in [0.25, 0.3) is 0 Å². The van der Waals surface area contributed by atoms with Gasteiger partial charge in [0.15, 0.2) is 0 Å². The number of nitrogens with zero attached hydrogens (tertiary/aromatic N) is 1. The van der Waals surface area contributed by atoms with Crippen molar-refractivity contribution in [1.29, 1.82) is 5.26 Å². The van der Waals surface area contributed by atoms with Crippen LogP contribution in [0.5, 0.6) is 0 Å². The van der Waals surface area contributed by atoms with Gasteiger partial charge in [0.2, 0.25) is 10.0 Å². The summed E-state index contributed by atoms with van der Waals surface area (Å²) >= 11 is 0. The Morgan fingerprint density at radius 1 is 1.22 bits per heavy atom. The van der Waals surface area contributed by atoms with E-state index in [2.05, 4.69) is 4.72 Å². The zero-order valence-corrected chi connectivity index (χ0v) is 13.1. The monoisotopic (exact) mass is 330 g/mol. The average molecular weight is 330 g/mol. The van der Waals surface area contributed by atoms with E-state index in [9.17, 15) is 13.2 Å². The number of rotatable bonds is 5. The highest BCUT2D eigenvalue weighted by molar-refractivity contribution is 7.89. The summed E-state index contributed by atoms with van der Waals surface area (Å²) in [4.78, 5) is 12.0. The van der Waals surface area contributed by atoms with Crippen LogP contribution in [0.3, 0.4) is 0 Å². The molecule has 0 saturated heterocycles. The number of hydrogen-bond acceptors (Lipinski definition) is 5. The number of ether oxygens (including phenoxy) is 1. The summed E-state index contributed by atoms with van der Waals surface area (Å²) in [5.74, 6) is -0.661. The molecule has 6 nitrogen and oxygen atoms in total. The van der Waals surface area contributed by atoms with Crippen LogP contribution in [0.15, 0.2) is 53.4 Å². The summed E-state index contributed by atoms with van der Waals surface area (Å²) in [5, 5.41) is 8.99. The highest BCUT2D eigenvalue weighted by Crippen LogP contribution is 2.14. The maximum absolute atomic E-state index is 12.1. The van der Waals surface area contributed by atoms with Crippen molar-refractivity contribution in [3.8, 4) is 6.07 Å². The number of esters is 1. The maximum Gasteiger partial charge on any atom is 0.338 e. The predicted molar refractivity (Wildman–Crippen MR) is 83.0 cm³/mol. The molecule has 23 heavy (non-hydrogen) atoms. The van der Waals surface area contributed by atoms with Gasteiger partial charge in [-0.05, 0) is 31.3 Å². The first kappa shape index (κ1) is 16.7. The van der Waals surface area contributed by atoms with Gasteiger partial charge in [0.1, 0.15) is 6.61 Å². The molecule has 1 N–H and O–H groups in total. The molecule has 0 atom stereocenters. The van der Waals surface area contributed by atoms with E-state index in [0.717, 1.165) is 0 Å². The third kappa shape index (κ3) is 3.94. The molecule has 2 rings (SSSR count). The van der Waals surface area contributed by atoms with Crippen molar-refractivity contribution in [3.63, 3.8) is 0 Å². The Morgan fingerprint density at radius 3 is 2.65 bits per heavy atom. The van der Waals surface area contributed by atoms with E-state index in [-0.39, 0.29) is 17.1 Å². The summed E-state index contributed by atoms with van der Waals surface area (Å²) in [6, 6.07) is 14.3. The normalized spacial score (nSPS) is 10.8. The van der Waals surface area contributed by atoms with Crippen molar-refractivity contribution in [1.82, 2.24) is 4.72 Å². The van der Waals surface area contributed by atoms with Crippen molar-refractivity contribution >= 4 is 16.0 Å². The molecular formula is C16H14N2O4S. The summed E-state index contributed by atoms with van der Waals surface area (Å²) in [5.41, 5.74) is 1.13. The van der Waals surface area contributed by atoms with Crippen LogP contribution in [0, 0.1) is 11.3 Å². The Morgan fingerprint density at radius 2 is 1.96 bits per heavy atom. The smallest absolute Gasteiger partial charge is 0.338 e. The molecule has 2 aromatic carbocycles. The van der Waals surface area contributed by atoms with E-state index in [1.165, 1.54) is 31.3 Å². The molecule has 0 amide bonds. The molecule has 0 aliphatic carbocycles. The molecular weight excluding hydrogens is 316 g/mol. The summed E-state index contributed by atoms with van der Waals surface area (Å²) < 4.78 is 30.8. The lowest BCUT2D eigenvalue weighted by Crippen LogP contribution is -2.19. The van der Waals surface area contributed by atoms with E-state index >= 15 is 0 Å². The first-order chi connectivity index (χ1) is 11.0. The number of nitriles is 1. The molecule has 0 aliphatic heterocycles. The van der Waals surface area contributed by atoms with Crippen LogP contribution in [0.4, 0.5) is 0 Å². The Bertz CT molecular complexity index is 870. The minimum Gasteiger partial charge on any atom is -0.457 e. The van der Waals surface area contributed by atoms with Gasteiger partial charge in [-0.2, -0.15) is 5.26 Å². The van der Waals surface area contributed by atoms with Crippen molar-refractivity contribution in [2.45, 2.75) is 11.5 Å². The fraction of sp³-hybridized carbons (Fsp3) is 0.125. The second-order valence-electron chi connectivity index (χ2n) is 4.58. The van der Waals surface area contributed by atoms with Crippen LogP contribution in [0.2, 0.25) is 0 Å². The molecule has 7 heteroatoms. The van der Waals surface area contributed by atoms with Gasteiger partial charge < -0.3 is 4.74 Å². The molecule has 0 heterocycles. The van der Waals surface area contributed by atoms with Crippen LogP contribution < -0.4 is 4.72 Å². The number of hydrogen-bond donors (Lipinski definition) is 1. The number of carbonyl (C=O) groups excluding carboxylic acids is 1. The lowest BCUT2D eigenvalue weighted by molar-refractivity contribution is 0.0472. The number of carbonyl (C=O) groups is 1. The topological polar surface area (TPSA) is 96.3 Å². The number of benzene rings is 2. The number of sulfonamides is 1. The van der Waals surface area contributed by atoms with E-state index in [4.69, 9.17) is 10.00 Å². The lowest BCUT2D eigenvalue weighted by atomic mass is 10.1. The SMILES string of the molecule is CNS(=O)(=O)c1cccc(C(=O)OCc2ccccc2C#N)c1. The zero-order chi connectivity index (χ0) is 16.9. The molecule has 0 saturated carbocycles. The third-order valence-corrected chi connectivity index (χ3v) is 4.56. The quantitative estimate of drug-likeness (QED) is 0.844. The first-order valence-corrected chi connectivity index (χ1v) is 8.15. The van der Waals surface area contributed by atoms with Crippen LogP contribution in [-0.4, -0.2) is 21.4 Å². The van der Waals surface area contributed by atoms with E-state index < -0.39 is 16.0 Å². The molecule has 0 fully saturated rings. The molecule has 0 aliphatic rings. The van der Waals surface area contributed by atoms with Crippen LogP contribution in [0.1, 0.15) is 21.5 Å². The standard InChI is InChI=1S/C16H14N2O4S/c1-18-23(20,21)15-8-4-7-12(9-15)16(19)22-11-14-6-3-2-5-13(14)10-17/h2-9,18H,11H2,1H3. The molecule has 118 valence electrons. The molecule has 0 spiro atoms. The van der Waals surface area contributed by atoms with Gasteiger partial charge in [0.25, 0.3) is 0 Å².